The molecule has 1 aromatic carbocycles. The van der Waals surface area contributed by atoms with Gasteiger partial charge in [0.25, 0.3) is 0 Å². The van der Waals surface area contributed by atoms with E-state index in [1.54, 1.807) is 0 Å². The summed E-state index contributed by atoms with van der Waals surface area (Å²) < 4.78 is 11.5. The fraction of sp³-hybridized carbons (Fsp3) is 0.600. The van der Waals surface area contributed by atoms with Crippen molar-refractivity contribution in [2.24, 2.45) is 5.41 Å². The van der Waals surface area contributed by atoms with Crippen LogP contribution >= 0.6 is 0 Å². The molecule has 0 radical (unpaired) electrons. The number of benzene rings is 1. The maximum absolute atomic E-state index is 6.05. The van der Waals surface area contributed by atoms with E-state index >= 15 is 0 Å². The van der Waals surface area contributed by atoms with E-state index in [4.69, 9.17) is 9.47 Å². The van der Waals surface area contributed by atoms with Gasteiger partial charge in [0.15, 0.2) is 0 Å². The molecule has 1 N–H and O–H groups in total. The monoisotopic (exact) mass is 247 g/mol. The molecule has 3 rings (SSSR count). The molecule has 2 aliphatic rings. The van der Waals surface area contributed by atoms with Crippen LogP contribution in [0.1, 0.15) is 25.3 Å². The van der Waals surface area contributed by atoms with Crippen molar-refractivity contribution in [2.75, 3.05) is 31.7 Å². The number of ether oxygens (including phenoxy) is 2. The molecule has 1 aromatic rings. The van der Waals surface area contributed by atoms with Crippen LogP contribution in [0.4, 0.5) is 5.69 Å². The molecule has 1 unspecified atom stereocenters. The van der Waals surface area contributed by atoms with Gasteiger partial charge in [-0.1, -0.05) is 19.1 Å². The second-order valence-corrected chi connectivity index (χ2v) is 5.72. The lowest BCUT2D eigenvalue weighted by Crippen LogP contribution is -2.25. The Morgan fingerprint density at radius 2 is 2.39 bits per heavy atom. The Kier molecular flexibility index (Phi) is 3.16. The number of anilines is 1. The summed E-state index contributed by atoms with van der Waals surface area (Å²) in [6, 6.07) is 6.35. The molecule has 0 saturated carbocycles. The number of para-hydroxylation sites is 1. The first kappa shape index (κ1) is 11.8. The van der Waals surface area contributed by atoms with Gasteiger partial charge >= 0.3 is 0 Å². The van der Waals surface area contributed by atoms with Crippen molar-refractivity contribution in [2.45, 2.75) is 26.2 Å². The zero-order valence-electron chi connectivity index (χ0n) is 11.0. The minimum Gasteiger partial charge on any atom is -0.491 e. The molecule has 98 valence electrons. The highest BCUT2D eigenvalue weighted by Gasteiger charge is 2.31. The topological polar surface area (TPSA) is 30.5 Å². The molecular weight excluding hydrogens is 226 g/mol. The normalized spacial score (nSPS) is 26.5. The van der Waals surface area contributed by atoms with Gasteiger partial charge in [0.1, 0.15) is 5.75 Å². The van der Waals surface area contributed by atoms with Gasteiger partial charge < -0.3 is 14.8 Å². The third kappa shape index (κ3) is 2.32. The number of nitrogens with one attached hydrogen (secondary N) is 1. The van der Waals surface area contributed by atoms with E-state index in [9.17, 15) is 0 Å². The highest BCUT2D eigenvalue weighted by molar-refractivity contribution is 5.63. The van der Waals surface area contributed by atoms with Gasteiger partial charge in [-0.25, -0.2) is 0 Å². The quantitative estimate of drug-likeness (QED) is 0.891. The van der Waals surface area contributed by atoms with Crippen molar-refractivity contribution >= 4 is 5.69 Å². The average molecular weight is 247 g/mol. The molecule has 0 bridgehead atoms. The van der Waals surface area contributed by atoms with Gasteiger partial charge in [-0.3, -0.25) is 0 Å². The van der Waals surface area contributed by atoms with Crippen molar-refractivity contribution in [1.29, 1.82) is 0 Å². The fourth-order valence-electron chi connectivity index (χ4n) is 2.67. The Morgan fingerprint density at radius 1 is 1.44 bits per heavy atom. The van der Waals surface area contributed by atoms with Gasteiger partial charge in [-0.2, -0.15) is 0 Å². The van der Waals surface area contributed by atoms with Crippen molar-refractivity contribution in [1.82, 2.24) is 0 Å². The van der Waals surface area contributed by atoms with Crippen LogP contribution in [0.2, 0.25) is 0 Å². The molecule has 1 fully saturated rings. The molecule has 1 atom stereocenters. The van der Waals surface area contributed by atoms with Crippen LogP contribution in [0, 0.1) is 5.41 Å². The molecule has 0 aromatic heterocycles. The maximum Gasteiger partial charge on any atom is 0.142 e. The lowest BCUT2D eigenvalue weighted by molar-refractivity contribution is 0.118. The molecule has 18 heavy (non-hydrogen) atoms. The molecule has 0 aliphatic carbocycles. The second kappa shape index (κ2) is 4.81. The number of fused-ring (bicyclic) bond motifs is 1. The number of hydrogen-bond donors (Lipinski definition) is 1. The molecule has 2 heterocycles. The van der Waals surface area contributed by atoms with Gasteiger partial charge in [0.05, 0.1) is 18.9 Å². The molecule has 2 aliphatic heterocycles. The van der Waals surface area contributed by atoms with Gasteiger partial charge in [0, 0.05) is 18.6 Å². The SMILES string of the molecule is CC1(COc2cccc3c2NCCC3)CCOC1. The molecule has 3 heteroatoms. The molecule has 0 amide bonds. The van der Waals surface area contributed by atoms with Crippen LogP contribution in [0.3, 0.4) is 0 Å². The number of hydrogen-bond acceptors (Lipinski definition) is 3. The predicted molar refractivity (Wildman–Crippen MR) is 72.3 cm³/mol. The Bertz CT molecular complexity index is 425. The zero-order valence-corrected chi connectivity index (χ0v) is 11.0. The Morgan fingerprint density at radius 3 is 3.22 bits per heavy atom. The first-order chi connectivity index (χ1) is 8.77. The third-order valence-electron chi connectivity index (χ3n) is 3.91. The van der Waals surface area contributed by atoms with Gasteiger partial charge in [-0.15, -0.1) is 0 Å². The predicted octanol–water partition coefficient (Wildman–Crippen LogP) is 2.85. The zero-order chi connectivity index (χ0) is 12.4. The van der Waals surface area contributed by atoms with E-state index in [1.807, 2.05) is 0 Å². The van der Waals surface area contributed by atoms with E-state index in [2.05, 4.69) is 30.4 Å². The lowest BCUT2D eigenvalue weighted by atomic mass is 9.91. The number of rotatable bonds is 3. The summed E-state index contributed by atoms with van der Waals surface area (Å²) in [5.41, 5.74) is 2.76. The summed E-state index contributed by atoms with van der Waals surface area (Å²) in [7, 11) is 0. The highest BCUT2D eigenvalue weighted by atomic mass is 16.5. The van der Waals surface area contributed by atoms with E-state index in [-0.39, 0.29) is 5.41 Å². The third-order valence-corrected chi connectivity index (χ3v) is 3.91. The molecule has 0 spiro atoms. The Hall–Kier alpha value is -1.22. The summed E-state index contributed by atoms with van der Waals surface area (Å²) in [5, 5.41) is 3.46. The van der Waals surface area contributed by atoms with Crippen LogP contribution in [0.25, 0.3) is 0 Å². The van der Waals surface area contributed by atoms with E-state index < -0.39 is 0 Å². The van der Waals surface area contributed by atoms with Gasteiger partial charge in [0.2, 0.25) is 0 Å². The van der Waals surface area contributed by atoms with Crippen molar-refractivity contribution in [3.05, 3.63) is 23.8 Å². The van der Waals surface area contributed by atoms with Crippen molar-refractivity contribution < 1.29 is 9.47 Å². The van der Waals surface area contributed by atoms with E-state index in [0.717, 1.165) is 45.0 Å². The number of aryl methyl sites for hydroxylation is 1. The van der Waals surface area contributed by atoms with Gasteiger partial charge in [-0.05, 0) is 30.9 Å². The molecule has 3 nitrogen and oxygen atoms in total. The summed E-state index contributed by atoms with van der Waals surface area (Å²) in [6.07, 6.45) is 3.46. The average Bonchev–Trinajstić information content (AvgIpc) is 2.84. The van der Waals surface area contributed by atoms with E-state index in [1.165, 1.54) is 17.7 Å². The molecule has 1 saturated heterocycles. The van der Waals surface area contributed by atoms with Crippen molar-refractivity contribution in [3.8, 4) is 5.75 Å². The summed E-state index contributed by atoms with van der Waals surface area (Å²) in [5.74, 6) is 1.00. The smallest absolute Gasteiger partial charge is 0.142 e. The minimum absolute atomic E-state index is 0.178. The van der Waals surface area contributed by atoms with Crippen LogP contribution in [0.5, 0.6) is 5.75 Å². The van der Waals surface area contributed by atoms with Crippen molar-refractivity contribution in [3.63, 3.8) is 0 Å². The summed E-state index contributed by atoms with van der Waals surface area (Å²) in [6.45, 7) is 5.71. The first-order valence-corrected chi connectivity index (χ1v) is 6.83. The van der Waals surface area contributed by atoms with E-state index in [0.29, 0.717) is 0 Å². The first-order valence-electron chi connectivity index (χ1n) is 6.83. The fourth-order valence-corrected chi connectivity index (χ4v) is 2.67. The standard InChI is InChI=1S/C15H21NO2/c1-15(7-9-17-10-15)11-18-13-6-2-4-12-5-3-8-16-14(12)13/h2,4,6,16H,3,5,7-11H2,1H3. The molecular formula is C15H21NO2. The van der Waals surface area contributed by atoms with Crippen LogP contribution in [-0.2, 0) is 11.2 Å². The Balaban J connectivity index is 1.72. The minimum atomic E-state index is 0.178. The highest BCUT2D eigenvalue weighted by Crippen LogP contribution is 2.34. The largest absolute Gasteiger partial charge is 0.491 e. The maximum atomic E-state index is 6.05. The Labute approximate surface area is 108 Å². The summed E-state index contributed by atoms with van der Waals surface area (Å²) >= 11 is 0. The van der Waals surface area contributed by atoms with Crippen LogP contribution < -0.4 is 10.1 Å². The van der Waals surface area contributed by atoms with Crippen LogP contribution in [0.15, 0.2) is 18.2 Å². The van der Waals surface area contributed by atoms with Crippen LogP contribution in [-0.4, -0.2) is 26.4 Å². The summed E-state index contributed by atoms with van der Waals surface area (Å²) in [4.78, 5) is 0. The second-order valence-electron chi connectivity index (χ2n) is 5.72. The lowest BCUT2D eigenvalue weighted by Gasteiger charge is -2.25.